The summed E-state index contributed by atoms with van der Waals surface area (Å²) in [4.78, 5) is 10.4. The van der Waals surface area contributed by atoms with Gasteiger partial charge in [-0.2, -0.15) is 10.5 Å². The maximum absolute atomic E-state index is 10.9. The molecule has 5 heteroatoms. The molecule has 18 heavy (non-hydrogen) atoms. The van der Waals surface area contributed by atoms with Crippen molar-refractivity contribution >= 4 is 5.69 Å². The lowest BCUT2D eigenvalue weighted by Gasteiger charge is -2.09. The van der Waals surface area contributed by atoms with Crippen LogP contribution in [0.15, 0.2) is 12.1 Å². The van der Waals surface area contributed by atoms with E-state index >= 15 is 0 Å². The number of hydrogen-bond acceptors (Lipinski definition) is 4. The van der Waals surface area contributed by atoms with Crippen molar-refractivity contribution in [1.29, 1.82) is 10.5 Å². The van der Waals surface area contributed by atoms with Crippen LogP contribution >= 0.6 is 0 Å². The number of benzene rings is 1. The van der Waals surface area contributed by atoms with Gasteiger partial charge in [-0.05, 0) is 24.5 Å². The van der Waals surface area contributed by atoms with Gasteiger partial charge in [-0.1, -0.05) is 13.3 Å². The third-order valence-corrected chi connectivity index (χ3v) is 2.76. The van der Waals surface area contributed by atoms with E-state index in [0.717, 1.165) is 12.8 Å². The molecule has 0 N–H and O–H groups in total. The molecule has 0 aliphatic heterocycles. The average molecular weight is 243 g/mol. The Morgan fingerprint density at radius 1 is 1.33 bits per heavy atom. The van der Waals surface area contributed by atoms with E-state index in [-0.39, 0.29) is 12.1 Å². The SMILES string of the molecule is CCCCc1c(C#N)ccc([N+](=O)[O-])c1CC#N. The zero-order valence-electron chi connectivity index (χ0n) is 10.1. The fourth-order valence-corrected chi connectivity index (χ4v) is 1.87. The lowest BCUT2D eigenvalue weighted by molar-refractivity contribution is -0.385. The Hall–Kier alpha value is -2.40. The van der Waals surface area contributed by atoms with Crippen LogP contribution in [0.2, 0.25) is 0 Å². The molecule has 0 atom stereocenters. The van der Waals surface area contributed by atoms with Crippen LogP contribution in [0, 0.1) is 32.8 Å². The van der Waals surface area contributed by atoms with E-state index in [9.17, 15) is 10.1 Å². The highest BCUT2D eigenvalue weighted by Gasteiger charge is 2.20. The van der Waals surface area contributed by atoms with Gasteiger partial charge in [-0.3, -0.25) is 10.1 Å². The van der Waals surface area contributed by atoms with Crippen LogP contribution in [0.3, 0.4) is 0 Å². The summed E-state index contributed by atoms with van der Waals surface area (Å²) >= 11 is 0. The van der Waals surface area contributed by atoms with E-state index in [1.165, 1.54) is 12.1 Å². The van der Waals surface area contributed by atoms with Crippen molar-refractivity contribution in [2.24, 2.45) is 0 Å². The highest BCUT2D eigenvalue weighted by atomic mass is 16.6. The molecule has 0 heterocycles. The Bertz CT molecular complexity index is 538. The molecule has 0 aliphatic carbocycles. The van der Waals surface area contributed by atoms with Gasteiger partial charge >= 0.3 is 0 Å². The summed E-state index contributed by atoms with van der Waals surface area (Å²) < 4.78 is 0. The van der Waals surface area contributed by atoms with Crippen molar-refractivity contribution in [3.63, 3.8) is 0 Å². The molecule has 0 bridgehead atoms. The van der Waals surface area contributed by atoms with E-state index in [1.54, 1.807) is 0 Å². The summed E-state index contributed by atoms with van der Waals surface area (Å²) in [5.74, 6) is 0. The van der Waals surface area contributed by atoms with Crippen molar-refractivity contribution in [3.8, 4) is 12.1 Å². The number of unbranched alkanes of at least 4 members (excludes halogenated alkanes) is 1. The minimum Gasteiger partial charge on any atom is -0.258 e. The molecule has 0 amide bonds. The fourth-order valence-electron chi connectivity index (χ4n) is 1.87. The average Bonchev–Trinajstić information content (AvgIpc) is 2.36. The Balaban J connectivity index is 3.40. The molecule has 0 aromatic heterocycles. The lowest BCUT2D eigenvalue weighted by Crippen LogP contribution is -2.03. The van der Waals surface area contributed by atoms with Gasteiger partial charge in [0.05, 0.1) is 29.0 Å². The van der Waals surface area contributed by atoms with E-state index < -0.39 is 4.92 Å². The smallest absolute Gasteiger partial charge is 0.258 e. The first-order valence-electron chi connectivity index (χ1n) is 5.71. The first-order chi connectivity index (χ1) is 8.65. The molecule has 0 spiro atoms. The fraction of sp³-hybridized carbons (Fsp3) is 0.385. The first kappa shape index (κ1) is 13.7. The van der Waals surface area contributed by atoms with Crippen LogP contribution < -0.4 is 0 Å². The van der Waals surface area contributed by atoms with Crippen molar-refractivity contribution < 1.29 is 4.92 Å². The zero-order chi connectivity index (χ0) is 13.5. The quantitative estimate of drug-likeness (QED) is 0.587. The normalized spacial score (nSPS) is 9.50. The van der Waals surface area contributed by atoms with Crippen molar-refractivity contribution in [3.05, 3.63) is 38.9 Å². The summed E-state index contributed by atoms with van der Waals surface area (Å²) in [7, 11) is 0. The maximum atomic E-state index is 10.9. The van der Waals surface area contributed by atoms with E-state index in [1.807, 2.05) is 19.1 Å². The van der Waals surface area contributed by atoms with Crippen LogP contribution in [0.4, 0.5) is 5.69 Å². The number of nitro benzene ring substituents is 1. The second-order valence-corrected chi connectivity index (χ2v) is 3.90. The van der Waals surface area contributed by atoms with Gasteiger partial charge in [0.2, 0.25) is 0 Å². The summed E-state index contributed by atoms with van der Waals surface area (Å²) in [6, 6.07) is 6.74. The molecular formula is C13H13N3O2. The van der Waals surface area contributed by atoms with Gasteiger partial charge in [0.15, 0.2) is 0 Å². The van der Waals surface area contributed by atoms with Crippen molar-refractivity contribution in [2.45, 2.75) is 32.6 Å². The Labute approximate surface area is 105 Å². The molecule has 92 valence electrons. The largest absolute Gasteiger partial charge is 0.273 e. The van der Waals surface area contributed by atoms with Crippen LogP contribution in [-0.4, -0.2) is 4.92 Å². The van der Waals surface area contributed by atoms with Gasteiger partial charge in [-0.25, -0.2) is 0 Å². The van der Waals surface area contributed by atoms with E-state index in [4.69, 9.17) is 10.5 Å². The number of nitro groups is 1. The molecule has 0 fully saturated rings. The van der Waals surface area contributed by atoms with Gasteiger partial charge in [0.1, 0.15) is 0 Å². The summed E-state index contributed by atoms with van der Waals surface area (Å²) in [5, 5.41) is 28.8. The predicted octanol–water partition coefficient (Wildman–Crippen LogP) is 2.88. The van der Waals surface area contributed by atoms with Crippen molar-refractivity contribution in [1.82, 2.24) is 0 Å². The Morgan fingerprint density at radius 3 is 2.56 bits per heavy atom. The maximum Gasteiger partial charge on any atom is 0.273 e. The second kappa shape index (κ2) is 6.36. The third kappa shape index (κ3) is 2.83. The monoisotopic (exact) mass is 243 g/mol. The number of hydrogen-bond donors (Lipinski definition) is 0. The summed E-state index contributed by atoms with van der Waals surface area (Å²) in [6.07, 6.45) is 2.33. The molecule has 0 unspecified atom stereocenters. The molecule has 0 saturated carbocycles. The van der Waals surface area contributed by atoms with Crippen molar-refractivity contribution in [2.75, 3.05) is 0 Å². The standard InChI is InChI=1S/C13H13N3O2/c1-2-3-4-11-10(9-15)5-6-13(16(17)18)12(11)7-8-14/h5-6H,2-4,7H2,1H3. The van der Waals surface area contributed by atoms with Crippen LogP contribution in [0.25, 0.3) is 0 Å². The molecule has 1 rings (SSSR count). The third-order valence-electron chi connectivity index (χ3n) is 2.76. The molecular weight excluding hydrogens is 230 g/mol. The van der Waals surface area contributed by atoms with Gasteiger partial charge in [-0.15, -0.1) is 0 Å². The van der Waals surface area contributed by atoms with Gasteiger partial charge in [0, 0.05) is 11.6 Å². The van der Waals surface area contributed by atoms with Gasteiger partial charge < -0.3 is 0 Å². The van der Waals surface area contributed by atoms with Crippen LogP contribution in [-0.2, 0) is 12.8 Å². The van der Waals surface area contributed by atoms with Crippen LogP contribution in [0.1, 0.15) is 36.5 Å². The second-order valence-electron chi connectivity index (χ2n) is 3.90. The Morgan fingerprint density at radius 2 is 2.06 bits per heavy atom. The molecule has 5 nitrogen and oxygen atoms in total. The predicted molar refractivity (Wildman–Crippen MR) is 65.7 cm³/mol. The highest BCUT2D eigenvalue weighted by Crippen LogP contribution is 2.27. The minimum atomic E-state index is -0.497. The summed E-state index contributed by atoms with van der Waals surface area (Å²) in [5.41, 5.74) is 1.39. The lowest BCUT2D eigenvalue weighted by atomic mass is 9.94. The molecule has 1 aromatic carbocycles. The molecule has 0 saturated heterocycles. The first-order valence-corrected chi connectivity index (χ1v) is 5.71. The molecule has 0 radical (unpaired) electrons. The van der Waals surface area contributed by atoms with E-state index in [0.29, 0.717) is 23.1 Å². The summed E-state index contributed by atoms with van der Waals surface area (Å²) in [6.45, 7) is 2.01. The zero-order valence-corrected chi connectivity index (χ0v) is 10.1. The number of rotatable bonds is 5. The molecule has 1 aromatic rings. The topological polar surface area (TPSA) is 90.7 Å². The van der Waals surface area contributed by atoms with Gasteiger partial charge in [0.25, 0.3) is 5.69 Å². The number of nitrogens with zero attached hydrogens (tertiary/aromatic N) is 3. The van der Waals surface area contributed by atoms with Crippen LogP contribution in [0.5, 0.6) is 0 Å². The minimum absolute atomic E-state index is 0.0368. The molecule has 0 aliphatic rings. The highest BCUT2D eigenvalue weighted by molar-refractivity contribution is 5.54. The Kier molecular flexibility index (Phi) is 4.83. The van der Waals surface area contributed by atoms with E-state index in [2.05, 4.69) is 0 Å². The number of nitriles is 2.